The van der Waals surface area contributed by atoms with Crippen LogP contribution in [0.25, 0.3) is 11.5 Å². The molecule has 2 aromatic heterocycles. The van der Waals surface area contributed by atoms with Crippen LogP contribution >= 0.6 is 0 Å². The number of nitrogens with zero attached hydrogens (tertiary/aromatic N) is 5. The Hall–Kier alpha value is -1.82. The molecule has 1 N–H and O–H groups in total. The molecule has 0 saturated carbocycles. The highest BCUT2D eigenvalue weighted by Gasteiger charge is 2.22. The molecule has 2 aromatic rings. The monoisotopic (exact) mass is 216 g/mol. The number of aromatic nitrogens is 5. The van der Waals surface area contributed by atoms with Gasteiger partial charge < -0.3 is 9.88 Å². The molecule has 16 heavy (non-hydrogen) atoms. The van der Waals surface area contributed by atoms with Crippen molar-refractivity contribution in [2.24, 2.45) is 0 Å². The lowest BCUT2D eigenvalue weighted by atomic mass is 10.2. The van der Waals surface area contributed by atoms with Gasteiger partial charge in [0.1, 0.15) is 17.8 Å². The topological polar surface area (TPSA) is 68.5 Å². The fourth-order valence-corrected chi connectivity index (χ4v) is 1.95. The highest BCUT2D eigenvalue weighted by Crippen LogP contribution is 2.21. The molecule has 1 atom stereocenters. The minimum Gasteiger partial charge on any atom is -0.307 e. The minimum atomic E-state index is 0.247. The Labute approximate surface area is 92.8 Å². The summed E-state index contributed by atoms with van der Waals surface area (Å²) in [7, 11) is 0. The summed E-state index contributed by atoms with van der Waals surface area (Å²) >= 11 is 0. The van der Waals surface area contributed by atoms with E-state index >= 15 is 0 Å². The lowest BCUT2D eigenvalue weighted by Crippen LogP contribution is -2.32. The van der Waals surface area contributed by atoms with Gasteiger partial charge in [-0.15, -0.1) is 10.2 Å². The summed E-state index contributed by atoms with van der Waals surface area (Å²) in [4.78, 5) is 8.10. The third kappa shape index (κ3) is 1.38. The van der Waals surface area contributed by atoms with Crippen molar-refractivity contribution in [3.63, 3.8) is 0 Å². The van der Waals surface area contributed by atoms with Crippen molar-refractivity contribution in [2.45, 2.75) is 19.5 Å². The molecule has 0 spiro atoms. The summed E-state index contributed by atoms with van der Waals surface area (Å²) in [5.41, 5.74) is 0.822. The third-order valence-corrected chi connectivity index (χ3v) is 2.76. The maximum atomic E-state index is 4.20. The van der Waals surface area contributed by atoms with Gasteiger partial charge in [-0.1, -0.05) is 0 Å². The van der Waals surface area contributed by atoms with Crippen molar-refractivity contribution in [1.82, 2.24) is 30.0 Å². The van der Waals surface area contributed by atoms with Gasteiger partial charge in [-0.05, 0) is 13.0 Å². The van der Waals surface area contributed by atoms with Crippen LogP contribution in [0.2, 0.25) is 0 Å². The molecular weight excluding hydrogens is 204 g/mol. The fourth-order valence-electron chi connectivity index (χ4n) is 1.95. The van der Waals surface area contributed by atoms with E-state index in [1.807, 2.05) is 6.07 Å². The Morgan fingerprint density at radius 3 is 3.19 bits per heavy atom. The van der Waals surface area contributed by atoms with Crippen LogP contribution in [-0.4, -0.2) is 31.3 Å². The maximum absolute atomic E-state index is 4.20. The highest BCUT2D eigenvalue weighted by atomic mass is 15.3. The molecule has 1 aliphatic heterocycles. The Balaban J connectivity index is 2.10. The number of hydrogen-bond acceptors (Lipinski definition) is 5. The van der Waals surface area contributed by atoms with Gasteiger partial charge in [-0.25, -0.2) is 9.97 Å². The number of rotatable bonds is 1. The van der Waals surface area contributed by atoms with E-state index in [2.05, 4.69) is 37.0 Å². The van der Waals surface area contributed by atoms with Crippen LogP contribution in [0.3, 0.4) is 0 Å². The molecule has 0 radical (unpaired) electrons. The van der Waals surface area contributed by atoms with Crippen LogP contribution in [0.5, 0.6) is 0 Å². The molecule has 0 amide bonds. The SMILES string of the molecule is CC1NCCn2c(-c3ccncn3)nnc21. The van der Waals surface area contributed by atoms with Gasteiger partial charge in [0.25, 0.3) is 0 Å². The van der Waals surface area contributed by atoms with Crippen molar-refractivity contribution in [3.8, 4) is 11.5 Å². The predicted molar refractivity (Wildman–Crippen MR) is 57.5 cm³/mol. The Bertz CT molecular complexity index is 491. The fraction of sp³-hybridized carbons (Fsp3) is 0.400. The first-order chi connectivity index (χ1) is 7.86. The molecule has 0 aromatic carbocycles. The van der Waals surface area contributed by atoms with Gasteiger partial charge in [-0.3, -0.25) is 0 Å². The van der Waals surface area contributed by atoms with E-state index in [9.17, 15) is 0 Å². The summed E-state index contributed by atoms with van der Waals surface area (Å²) in [5, 5.41) is 11.8. The maximum Gasteiger partial charge on any atom is 0.182 e. The lowest BCUT2D eigenvalue weighted by molar-refractivity contribution is 0.438. The van der Waals surface area contributed by atoms with Crippen LogP contribution < -0.4 is 5.32 Å². The Kier molecular flexibility index (Phi) is 2.14. The number of nitrogens with one attached hydrogen (secondary N) is 1. The molecule has 0 aliphatic carbocycles. The molecule has 6 nitrogen and oxygen atoms in total. The zero-order valence-corrected chi connectivity index (χ0v) is 8.96. The zero-order valence-electron chi connectivity index (χ0n) is 8.96. The average Bonchev–Trinajstić information content (AvgIpc) is 2.75. The standard InChI is InChI=1S/C10H12N6/c1-7-9-14-15-10(16(9)5-4-12-7)8-2-3-11-6-13-8/h2-3,6-7,12H,4-5H2,1H3. The molecule has 0 fully saturated rings. The van der Waals surface area contributed by atoms with Gasteiger partial charge in [-0.2, -0.15) is 0 Å². The molecule has 0 bridgehead atoms. The van der Waals surface area contributed by atoms with Gasteiger partial charge in [0.05, 0.1) is 6.04 Å². The van der Waals surface area contributed by atoms with Crippen LogP contribution in [0, 0.1) is 0 Å². The van der Waals surface area contributed by atoms with Crippen molar-refractivity contribution < 1.29 is 0 Å². The third-order valence-electron chi connectivity index (χ3n) is 2.76. The van der Waals surface area contributed by atoms with Gasteiger partial charge in [0.15, 0.2) is 5.82 Å². The number of hydrogen-bond donors (Lipinski definition) is 1. The Morgan fingerprint density at radius 1 is 1.44 bits per heavy atom. The average molecular weight is 216 g/mol. The largest absolute Gasteiger partial charge is 0.307 e. The summed E-state index contributed by atoms with van der Waals surface area (Å²) in [6.07, 6.45) is 3.25. The van der Waals surface area contributed by atoms with E-state index in [1.54, 1.807) is 6.20 Å². The second-order valence-electron chi connectivity index (χ2n) is 3.80. The van der Waals surface area contributed by atoms with Gasteiger partial charge in [0.2, 0.25) is 0 Å². The van der Waals surface area contributed by atoms with E-state index in [1.165, 1.54) is 6.33 Å². The summed E-state index contributed by atoms with van der Waals surface area (Å²) in [6, 6.07) is 2.10. The molecule has 0 saturated heterocycles. The lowest BCUT2D eigenvalue weighted by Gasteiger charge is -2.21. The van der Waals surface area contributed by atoms with Crippen molar-refractivity contribution in [1.29, 1.82) is 0 Å². The van der Waals surface area contributed by atoms with Gasteiger partial charge in [0, 0.05) is 19.3 Å². The summed E-state index contributed by atoms with van der Waals surface area (Å²) in [5.74, 6) is 1.80. The first-order valence-electron chi connectivity index (χ1n) is 5.29. The first-order valence-corrected chi connectivity index (χ1v) is 5.29. The molecule has 3 rings (SSSR count). The molecular formula is C10H12N6. The summed E-state index contributed by atoms with van der Waals surface area (Å²) in [6.45, 7) is 3.90. The predicted octanol–water partition coefficient (Wildman–Crippen LogP) is 0.399. The second kappa shape index (κ2) is 3.64. The smallest absolute Gasteiger partial charge is 0.182 e. The normalized spacial score (nSPS) is 19.4. The van der Waals surface area contributed by atoms with E-state index < -0.39 is 0 Å². The molecule has 1 aliphatic rings. The Morgan fingerprint density at radius 2 is 2.38 bits per heavy atom. The van der Waals surface area contributed by atoms with Gasteiger partial charge >= 0.3 is 0 Å². The molecule has 1 unspecified atom stereocenters. The molecule has 6 heteroatoms. The first kappa shape index (κ1) is 9.41. The van der Waals surface area contributed by atoms with Crippen molar-refractivity contribution >= 4 is 0 Å². The van der Waals surface area contributed by atoms with Crippen LogP contribution in [0.1, 0.15) is 18.8 Å². The zero-order chi connectivity index (χ0) is 11.0. The number of fused-ring (bicyclic) bond motifs is 1. The second-order valence-corrected chi connectivity index (χ2v) is 3.80. The van der Waals surface area contributed by atoms with E-state index in [4.69, 9.17) is 0 Å². The van der Waals surface area contributed by atoms with Crippen molar-refractivity contribution in [3.05, 3.63) is 24.4 Å². The van der Waals surface area contributed by atoms with Crippen LogP contribution in [-0.2, 0) is 6.54 Å². The minimum absolute atomic E-state index is 0.247. The van der Waals surface area contributed by atoms with Crippen LogP contribution in [0.4, 0.5) is 0 Å². The molecule has 82 valence electrons. The quantitative estimate of drug-likeness (QED) is 0.747. The summed E-state index contributed by atoms with van der Waals surface area (Å²) < 4.78 is 2.11. The van der Waals surface area contributed by atoms with E-state index in [-0.39, 0.29) is 6.04 Å². The van der Waals surface area contributed by atoms with Crippen LogP contribution in [0.15, 0.2) is 18.6 Å². The van der Waals surface area contributed by atoms with E-state index in [0.717, 1.165) is 30.4 Å². The highest BCUT2D eigenvalue weighted by molar-refractivity contribution is 5.48. The van der Waals surface area contributed by atoms with E-state index in [0.29, 0.717) is 0 Å². The molecule has 3 heterocycles. The van der Waals surface area contributed by atoms with Crippen molar-refractivity contribution in [2.75, 3.05) is 6.54 Å².